The topological polar surface area (TPSA) is 56.5 Å². The highest BCUT2D eigenvalue weighted by Crippen LogP contribution is 2.19. The first-order chi connectivity index (χ1) is 15.7. The summed E-state index contributed by atoms with van der Waals surface area (Å²) in [4.78, 5) is 12.0. The Balaban J connectivity index is 0. The molecule has 0 aliphatic carbocycles. The van der Waals surface area contributed by atoms with E-state index >= 15 is 0 Å². The molecule has 0 saturated heterocycles. The van der Waals surface area contributed by atoms with Crippen LogP contribution < -0.4 is 0 Å². The third kappa shape index (κ3) is 13.9. The Bertz CT molecular complexity index is 1100. The van der Waals surface area contributed by atoms with Gasteiger partial charge in [0.15, 0.2) is 0 Å². The summed E-state index contributed by atoms with van der Waals surface area (Å²) in [5.41, 5.74) is 2.95. The first-order valence-corrected chi connectivity index (χ1v) is 11.4. The summed E-state index contributed by atoms with van der Waals surface area (Å²) in [6.07, 6.45) is 6.18. The smallest absolute Gasteiger partial charge is 0.141 e. The number of aromatic nitrogens is 5. The van der Waals surface area contributed by atoms with Crippen molar-refractivity contribution in [2.45, 2.75) is 43.1 Å². The van der Waals surface area contributed by atoms with Crippen LogP contribution in [0.25, 0.3) is 10.2 Å². The molecule has 0 amide bonds. The van der Waals surface area contributed by atoms with Crippen LogP contribution in [-0.2, 0) is 7.05 Å². The lowest BCUT2D eigenvalue weighted by molar-refractivity contribution is 0.620. The average molecular weight is 553 g/mol. The molecule has 0 unspecified atom stereocenters. The fourth-order valence-corrected chi connectivity index (χ4v) is 3.40. The first kappa shape index (κ1) is 35.3. The van der Waals surface area contributed by atoms with E-state index in [1.165, 1.54) is 17.0 Å². The Labute approximate surface area is 229 Å². The molecule has 5 aromatic rings. The number of hydrogen-bond acceptors (Lipinski definition) is 5. The normalized spacial score (nSPS) is 8.86. The zero-order chi connectivity index (χ0) is 24.2. The maximum absolute atomic E-state index is 12.0. The van der Waals surface area contributed by atoms with Gasteiger partial charge in [-0.2, -0.15) is 5.10 Å². The zero-order valence-electron chi connectivity index (χ0n) is 18.7. The van der Waals surface area contributed by atoms with Crippen molar-refractivity contribution in [3.63, 3.8) is 0 Å². The van der Waals surface area contributed by atoms with Crippen LogP contribution in [0.2, 0.25) is 10.0 Å². The molecule has 0 aliphatic heterocycles. The molecule has 1 aromatic carbocycles. The minimum atomic E-state index is -0.282. The van der Waals surface area contributed by atoms with Crippen molar-refractivity contribution in [1.29, 1.82) is 0 Å². The Morgan fingerprint density at radius 2 is 1.39 bits per heavy atom. The van der Waals surface area contributed by atoms with E-state index in [0.29, 0.717) is 10.0 Å². The van der Waals surface area contributed by atoms with Crippen molar-refractivity contribution in [3.05, 3.63) is 106 Å². The van der Waals surface area contributed by atoms with Gasteiger partial charge < -0.3 is 0 Å². The highest BCUT2D eigenvalue weighted by Gasteiger charge is 1.95. The molecule has 4 heterocycles. The lowest BCUT2D eigenvalue weighted by Crippen LogP contribution is -1.83. The van der Waals surface area contributed by atoms with Gasteiger partial charge in [0.05, 0.1) is 37.7 Å². The summed E-state index contributed by atoms with van der Waals surface area (Å²) in [6.45, 7) is 5.78. The number of nitrogens with zero attached hydrogens (tertiary/aromatic N) is 5. The Kier molecular flexibility index (Phi) is 18.0. The standard InChI is InChI=1S/C8H7NS.C6H6ClN.C6H6FN.C4H5ClN2.3CH4/c1-6-9-7-4-2-3-5-8(7)10-6;2*1-5-2-3-6(7)4-8-5;1-7-3-4(5)2-6-7;;;/h2-5H,1H3;2*2-4H,1H3;2-3H,1H3;3*1H4. The van der Waals surface area contributed by atoms with Gasteiger partial charge in [0, 0.05) is 30.8 Å². The maximum Gasteiger partial charge on any atom is 0.141 e. The van der Waals surface area contributed by atoms with Crippen molar-refractivity contribution in [2.24, 2.45) is 7.05 Å². The molecule has 0 N–H and O–H groups in total. The number of aryl methyl sites for hydroxylation is 4. The van der Waals surface area contributed by atoms with E-state index in [0.717, 1.165) is 21.9 Å². The molecule has 0 atom stereocenters. The van der Waals surface area contributed by atoms with Gasteiger partial charge in [-0.3, -0.25) is 14.6 Å². The quantitative estimate of drug-likeness (QED) is 0.192. The highest BCUT2D eigenvalue weighted by atomic mass is 35.5. The number of rotatable bonds is 0. The molecule has 196 valence electrons. The van der Waals surface area contributed by atoms with Crippen molar-refractivity contribution in [2.75, 3.05) is 0 Å². The van der Waals surface area contributed by atoms with Gasteiger partial charge in [-0.1, -0.05) is 57.6 Å². The fourth-order valence-electron chi connectivity index (χ4n) is 2.28. The average Bonchev–Trinajstić information content (AvgIpc) is 3.36. The molecular formula is C27H36Cl2FN5S. The van der Waals surface area contributed by atoms with Gasteiger partial charge in [-0.25, -0.2) is 9.37 Å². The molecule has 0 spiro atoms. The fraction of sp³-hybridized carbons (Fsp3) is 0.259. The zero-order valence-corrected chi connectivity index (χ0v) is 21.0. The van der Waals surface area contributed by atoms with E-state index in [-0.39, 0.29) is 28.1 Å². The summed E-state index contributed by atoms with van der Waals surface area (Å²) in [5, 5.41) is 6.31. The van der Waals surface area contributed by atoms with Crippen LogP contribution in [0.3, 0.4) is 0 Å². The summed E-state index contributed by atoms with van der Waals surface area (Å²) >= 11 is 12.8. The van der Waals surface area contributed by atoms with Gasteiger partial charge in [0.2, 0.25) is 0 Å². The number of thiazole rings is 1. The molecular weight excluding hydrogens is 516 g/mol. The monoisotopic (exact) mass is 551 g/mol. The lowest BCUT2D eigenvalue weighted by atomic mass is 10.3. The predicted octanol–water partition coefficient (Wildman–Crippen LogP) is 9.16. The van der Waals surface area contributed by atoms with Crippen molar-refractivity contribution < 1.29 is 4.39 Å². The Hall–Kier alpha value is -2.87. The van der Waals surface area contributed by atoms with Crippen molar-refractivity contribution in [1.82, 2.24) is 24.7 Å². The summed E-state index contributed by atoms with van der Waals surface area (Å²) in [5.74, 6) is -0.282. The molecule has 36 heavy (non-hydrogen) atoms. The van der Waals surface area contributed by atoms with E-state index in [9.17, 15) is 4.39 Å². The third-order valence-electron chi connectivity index (χ3n) is 3.82. The second kappa shape index (κ2) is 18.4. The molecule has 0 saturated carbocycles. The van der Waals surface area contributed by atoms with Crippen molar-refractivity contribution >= 4 is 44.8 Å². The van der Waals surface area contributed by atoms with E-state index < -0.39 is 0 Å². The number of halogens is 3. The van der Waals surface area contributed by atoms with Crippen LogP contribution >= 0.6 is 34.5 Å². The summed E-state index contributed by atoms with van der Waals surface area (Å²) in [7, 11) is 1.83. The molecule has 5 nitrogen and oxygen atoms in total. The Morgan fingerprint density at radius 3 is 1.78 bits per heavy atom. The lowest BCUT2D eigenvalue weighted by Gasteiger charge is -1.87. The Morgan fingerprint density at radius 1 is 0.778 bits per heavy atom. The maximum atomic E-state index is 12.0. The molecule has 0 radical (unpaired) electrons. The van der Waals surface area contributed by atoms with Gasteiger partial charge in [-0.15, -0.1) is 11.3 Å². The summed E-state index contributed by atoms with van der Waals surface area (Å²) in [6, 6.07) is 14.9. The third-order valence-corrected chi connectivity index (χ3v) is 5.20. The molecule has 4 aromatic heterocycles. The number of hydrogen-bond donors (Lipinski definition) is 0. The van der Waals surface area contributed by atoms with Crippen LogP contribution in [0.5, 0.6) is 0 Å². The molecule has 0 fully saturated rings. The van der Waals surface area contributed by atoms with Gasteiger partial charge in [0.1, 0.15) is 5.82 Å². The molecule has 5 rings (SSSR count). The predicted molar refractivity (Wildman–Crippen MR) is 156 cm³/mol. The number of benzene rings is 1. The van der Waals surface area contributed by atoms with Gasteiger partial charge >= 0.3 is 0 Å². The second-order valence-electron chi connectivity index (χ2n) is 6.77. The van der Waals surface area contributed by atoms with Crippen LogP contribution in [0.4, 0.5) is 4.39 Å². The number of fused-ring (bicyclic) bond motifs is 1. The number of para-hydroxylation sites is 1. The first-order valence-electron chi connectivity index (χ1n) is 9.85. The number of pyridine rings is 2. The second-order valence-corrected chi connectivity index (χ2v) is 8.88. The van der Waals surface area contributed by atoms with Crippen LogP contribution in [-0.4, -0.2) is 24.7 Å². The minimum absolute atomic E-state index is 0. The van der Waals surface area contributed by atoms with Crippen LogP contribution in [0.1, 0.15) is 38.7 Å². The van der Waals surface area contributed by atoms with E-state index in [1.807, 2.05) is 58.2 Å². The largest absolute Gasteiger partial charge is 0.274 e. The van der Waals surface area contributed by atoms with Crippen LogP contribution in [0, 0.1) is 26.6 Å². The SMILES string of the molecule is C.C.C.Cc1ccc(Cl)cn1.Cc1ccc(F)cn1.Cc1nc2ccccc2s1.Cn1cc(Cl)cn1. The summed E-state index contributed by atoms with van der Waals surface area (Å²) < 4.78 is 15.0. The van der Waals surface area contributed by atoms with Gasteiger partial charge in [-0.05, 0) is 57.2 Å². The van der Waals surface area contributed by atoms with Crippen LogP contribution in [0.15, 0.2) is 73.3 Å². The van der Waals surface area contributed by atoms with E-state index in [1.54, 1.807) is 40.7 Å². The molecule has 0 aliphatic rings. The van der Waals surface area contributed by atoms with E-state index in [4.69, 9.17) is 23.2 Å². The molecule has 0 bridgehead atoms. The highest BCUT2D eigenvalue weighted by molar-refractivity contribution is 7.18. The van der Waals surface area contributed by atoms with Crippen molar-refractivity contribution in [3.8, 4) is 0 Å². The molecule has 9 heteroatoms. The van der Waals surface area contributed by atoms with Gasteiger partial charge in [0.25, 0.3) is 0 Å². The van der Waals surface area contributed by atoms with E-state index in [2.05, 4.69) is 26.1 Å². The minimum Gasteiger partial charge on any atom is -0.274 e.